The minimum atomic E-state index is 0.397. The van der Waals surface area contributed by atoms with Crippen LogP contribution in [0.4, 0.5) is 0 Å². The molecule has 0 radical (unpaired) electrons. The van der Waals surface area contributed by atoms with Crippen LogP contribution in [0.15, 0.2) is 18.2 Å². The Kier molecular flexibility index (Phi) is 4.65. The Balaban J connectivity index is 2.58. The van der Waals surface area contributed by atoms with E-state index < -0.39 is 0 Å². The van der Waals surface area contributed by atoms with Crippen LogP contribution in [-0.4, -0.2) is 20.2 Å². The second-order valence-corrected chi connectivity index (χ2v) is 3.40. The maximum Gasteiger partial charge on any atom is 0.122 e. The first-order valence-electron chi connectivity index (χ1n) is 4.99. The molecule has 0 saturated heterocycles. The molecule has 80 valence electrons. The third kappa shape index (κ3) is 3.61. The van der Waals surface area contributed by atoms with Crippen LogP contribution in [0.5, 0.6) is 5.75 Å². The molecule has 3 nitrogen and oxygen atoms in total. The number of nitrogens with one attached hydrogen (secondary N) is 1. The molecule has 1 aromatic rings. The van der Waals surface area contributed by atoms with Gasteiger partial charge in [-0.05, 0) is 25.0 Å². The monoisotopic (exact) mass is 204 g/mol. The average molecular weight is 204 g/mol. The van der Waals surface area contributed by atoms with E-state index in [4.69, 9.17) is 10.00 Å². The van der Waals surface area contributed by atoms with Gasteiger partial charge in [0.2, 0.25) is 0 Å². The van der Waals surface area contributed by atoms with Crippen molar-refractivity contribution in [2.75, 3.05) is 20.2 Å². The van der Waals surface area contributed by atoms with Crippen LogP contribution < -0.4 is 10.1 Å². The molecule has 15 heavy (non-hydrogen) atoms. The molecule has 0 unspecified atom stereocenters. The first kappa shape index (κ1) is 11.5. The van der Waals surface area contributed by atoms with Crippen LogP contribution >= 0.6 is 0 Å². The molecule has 0 amide bonds. The third-order valence-corrected chi connectivity index (χ3v) is 2.21. The molecule has 0 heterocycles. The molecule has 1 rings (SSSR count). The highest BCUT2D eigenvalue weighted by atomic mass is 16.5. The van der Waals surface area contributed by atoms with Gasteiger partial charge in [0.1, 0.15) is 5.75 Å². The van der Waals surface area contributed by atoms with Crippen molar-refractivity contribution >= 4 is 0 Å². The first-order chi connectivity index (χ1) is 7.27. The lowest BCUT2D eigenvalue weighted by atomic mass is 10.1. The van der Waals surface area contributed by atoms with Gasteiger partial charge >= 0.3 is 0 Å². The molecular formula is C12H16N2O. The lowest BCUT2D eigenvalue weighted by molar-refractivity contribution is 0.409. The summed E-state index contributed by atoms with van der Waals surface area (Å²) >= 11 is 0. The maximum absolute atomic E-state index is 8.37. The molecule has 0 saturated carbocycles. The largest absolute Gasteiger partial charge is 0.496 e. The van der Waals surface area contributed by atoms with Crippen molar-refractivity contribution in [3.63, 3.8) is 0 Å². The molecule has 0 bridgehead atoms. The van der Waals surface area contributed by atoms with Crippen molar-refractivity contribution in [2.45, 2.75) is 13.3 Å². The van der Waals surface area contributed by atoms with Crippen molar-refractivity contribution in [1.29, 1.82) is 5.26 Å². The number of hydrogen-bond donors (Lipinski definition) is 1. The quantitative estimate of drug-likeness (QED) is 0.586. The van der Waals surface area contributed by atoms with Gasteiger partial charge in [0.05, 0.1) is 19.7 Å². The summed E-state index contributed by atoms with van der Waals surface area (Å²) in [5, 5.41) is 11.4. The van der Waals surface area contributed by atoms with E-state index in [0.717, 1.165) is 18.7 Å². The predicted octanol–water partition coefficient (Wildman–Crippen LogP) is 1.66. The van der Waals surface area contributed by atoms with Crippen LogP contribution in [0.2, 0.25) is 0 Å². The second kappa shape index (κ2) is 6.05. The summed E-state index contributed by atoms with van der Waals surface area (Å²) in [5.74, 6) is 0.916. The van der Waals surface area contributed by atoms with E-state index in [1.54, 1.807) is 7.11 Å². The number of benzene rings is 1. The summed E-state index contributed by atoms with van der Waals surface area (Å²) in [6, 6.07) is 8.18. The molecule has 0 atom stereocenters. The second-order valence-electron chi connectivity index (χ2n) is 3.40. The molecule has 3 heteroatoms. The number of nitriles is 1. The summed E-state index contributed by atoms with van der Waals surface area (Å²) < 4.78 is 5.26. The van der Waals surface area contributed by atoms with E-state index >= 15 is 0 Å². The van der Waals surface area contributed by atoms with Crippen molar-refractivity contribution in [1.82, 2.24) is 5.32 Å². The molecule has 0 spiro atoms. The summed E-state index contributed by atoms with van der Waals surface area (Å²) in [6.07, 6.45) is 0.881. The minimum absolute atomic E-state index is 0.397. The van der Waals surface area contributed by atoms with Gasteiger partial charge < -0.3 is 10.1 Å². The van der Waals surface area contributed by atoms with Crippen molar-refractivity contribution < 1.29 is 4.74 Å². The zero-order chi connectivity index (χ0) is 11.1. The summed E-state index contributed by atoms with van der Waals surface area (Å²) in [5.41, 5.74) is 2.41. The number of aryl methyl sites for hydroxylation is 1. The number of nitrogens with zero attached hydrogens (tertiary/aromatic N) is 1. The Labute approximate surface area is 90.7 Å². The zero-order valence-corrected chi connectivity index (χ0v) is 9.21. The highest BCUT2D eigenvalue weighted by molar-refractivity contribution is 5.37. The smallest absolute Gasteiger partial charge is 0.122 e. The Hall–Kier alpha value is -1.53. The highest BCUT2D eigenvalue weighted by Crippen LogP contribution is 2.19. The fourth-order valence-corrected chi connectivity index (χ4v) is 1.47. The molecule has 0 aliphatic carbocycles. The summed E-state index contributed by atoms with van der Waals surface area (Å²) in [6.45, 7) is 3.26. The van der Waals surface area contributed by atoms with Gasteiger partial charge in [-0.25, -0.2) is 0 Å². The third-order valence-electron chi connectivity index (χ3n) is 2.21. The van der Waals surface area contributed by atoms with Gasteiger partial charge in [-0.3, -0.25) is 0 Å². The highest BCUT2D eigenvalue weighted by Gasteiger charge is 2.02. The molecule has 0 aliphatic rings. The maximum atomic E-state index is 8.37. The van der Waals surface area contributed by atoms with Crippen molar-refractivity contribution in [3.8, 4) is 11.8 Å². The Bertz CT molecular complexity index is 355. The van der Waals surface area contributed by atoms with Gasteiger partial charge in [0.15, 0.2) is 0 Å². The predicted molar refractivity (Wildman–Crippen MR) is 59.9 cm³/mol. The Morgan fingerprint density at radius 2 is 2.27 bits per heavy atom. The number of rotatable bonds is 5. The van der Waals surface area contributed by atoms with E-state index in [9.17, 15) is 0 Å². The van der Waals surface area contributed by atoms with E-state index in [-0.39, 0.29) is 0 Å². The van der Waals surface area contributed by atoms with Gasteiger partial charge in [-0.15, -0.1) is 0 Å². The van der Waals surface area contributed by atoms with Crippen LogP contribution in [-0.2, 0) is 6.42 Å². The lowest BCUT2D eigenvalue weighted by Gasteiger charge is -2.09. The Morgan fingerprint density at radius 1 is 1.47 bits per heavy atom. The van der Waals surface area contributed by atoms with Gasteiger partial charge in [-0.1, -0.05) is 17.7 Å². The van der Waals surface area contributed by atoms with E-state index in [2.05, 4.69) is 24.4 Å². The van der Waals surface area contributed by atoms with E-state index in [0.29, 0.717) is 6.54 Å². The fourth-order valence-electron chi connectivity index (χ4n) is 1.47. The summed E-state index contributed by atoms with van der Waals surface area (Å²) in [7, 11) is 1.68. The first-order valence-corrected chi connectivity index (χ1v) is 4.99. The molecule has 0 fully saturated rings. The standard InChI is InChI=1S/C12H16N2O/c1-10-3-4-12(15-2)11(9-10)5-7-14-8-6-13/h3-4,9,14H,5,7-8H2,1-2H3. The van der Waals surface area contributed by atoms with E-state index in [1.165, 1.54) is 11.1 Å². The number of methoxy groups -OCH3 is 1. The summed E-state index contributed by atoms with van der Waals surface area (Å²) in [4.78, 5) is 0. The SMILES string of the molecule is COc1ccc(C)cc1CCNCC#N. The van der Waals surface area contributed by atoms with E-state index in [1.807, 2.05) is 12.1 Å². The van der Waals surface area contributed by atoms with Crippen LogP contribution in [0.3, 0.4) is 0 Å². The van der Waals surface area contributed by atoms with Crippen LogP contribution in [0, 0.1) is 18.3 Å². The molecule has 0 aliphatic heterocycles. The lowest BCUT2D eigenvalue weighted by Crippen LogP contribution is -2.17. The van der Waals surface area contributed by atoms with Crippen molar-refractivity contribution in [3.05, 3.63) is 29.3 Å². The molecular weight excluding hydrogens is 188 g/mol. The van der Waals surface area contributed by atoms with Crippen LogP contribution in [0.1, 0.15) is 11.1 Å². The Morgan fingerprint density at radius 3 is 2.93 bits per heavy atom. The molecule has 0 aromatic heterocycles. The normalized spacial score (nSPS) is 9.67. The van der Waals surface area contributed by atoms with Gasteiger partial charge in [-0.2, -0.15) is 5.26 Å². The van der Waals surface area contributed by atoms with Crippen molar-refractivity contribution in [2.24, 2.45) is 0 Å². The topological polar surface area (TPSA) is 45.0 Å². The van der Waals surface area contributed by atoms with Gasteiger partial charge in [0.25, 0.3) is 0 Å². The molecule has 1 N–H and O–H groups in total. The minimum Gasteiger partial charge on any atom is -0.496 e. The molecule has 1 aromatic carbocycles. The zero-order valence-electron chi connectivity index (χ0n) is 9.21. The number of ether oxygens (including phenoxy) is 1. The number of hydrogen-bond acceptors (Lipinski definition) is 3. The van der Waals surface area contributed by atoms with Gasteiger partial charge in [0, 0.05) is 6.54 Å². The van der Waals surface area contributed by atoms with Crippen LogP contribution in [0.25, 0.3) is 0 Å². The fraction of sp³-hybridized carbons (Fsp3) is 0.417. The average Bonchev–Trinajstić information content (AvgIpc) is 2.25.